The van der Waals surface area contributed by atoms with E-state index in [4.69, 9.17) is 4.42 Å². The van der Waals surface area contributed by atoms with Crippen LogP contribution in [0.3, 0.4) is 0 Å². The maximum Gasteiger partial charge on any atom is 0.277 e. The molecule has 0 bridgehead atoms. The van der Waals surface area contributed by atoms with Gasteiger partial charge in [-0.2, -0.15) is 0 Å². The summed E-state index contributed by atoms with van der Waals surface area (Å²) in [6, 6.07) is 3.96. The maximum absolute atomic E-state index is 5.55. The predicted octanol–water partition coefficient (Wildman–Crippen LogP) is 3.69. The number of thioether (sulfide) groups is 1. The topological polar surface area (TPSA) is 38.9 Å². The molecule has 0 aliphatic heterocycles. The van der Waals surface area contributed by atoms with Gasteiger partial charge in [0, 0.05) is 5.25 Å². The molecule has 1 atom stereocenters. The third-order valence-corrected chi connectivity index (χ3v) is 3.98. The van der Waals surface area contributed by atoms with Gasteiger partial charge in [0.25, 0.3) is 11.1 Å². The molecule has 15 heavy (non-hydrogen) atoms. The number of aromatic nitrogens is 2. The van der Waals surface area contributed by atoms with Crippen molar-refractivity contribution in [3.63, 3.8) is 0 Å². The maximum atomic E-state index is 5.55. The van der Waals surface area contributed by atoms with E-state index in [-0.39, 0.29) is 0 Å². The first kappa shape index (κ1) is 10.7. The first-order chi connectivity index (χ1) is 7.29. The third kappa shape index (κ3) is 2.60. The Morgan fingerprint density at radius 1 is 1.53 bits per heavy atom. The van der Waals surface area contributed by atoms with Crippen molar-refractivity contribution in [3.05, 3.63) is 17.5 Å². The zero-order chi connectivity index (χ0) is 10.7. The van der Waals surface area contributed by atoms with Crippen LogP contribution in [0.25, 0.3) is 10.8 Å². The van der Waals surface area contributed by atoms with Gasteiger partial charge in [0.05, 0.1) is 4.88 Å². The van der Waals surface area contributed by atoms with E-state index >= 15 is 0 Å². The van der Waals surface area contributed by atoms with Gasteiger partial charge in [0.2, 0.25) is 0 Å². The number of nitrogens with zero attached hydrogens (tertiary/aromatic N) is 2. The molecular weight excluding hydrogens is 228 g/mol. The molecule has 0 unspecified atom stereocenters. The van der Waals surface area contributed by atoms with Gasteiger partial charge < -0.3 is 4.42 Å². The number of hydrogen-bond acceptors (Lipinski definition) is 5. The van der Waals surface area contributed by atoms with E-state index in [1.807, 2.05) is 17.5 Å². The highest BCUT2D eigenvalue weighted by Gasteiger charge is 2.11. The molecule has 0 fully saturated rings. The van der Waals surface area contributed by atoms with Gasteiger partial charge in [-0.15, -0.1) is 21.5 Å². The lowest BCUT2D eigenvalue weighted by atomic mass is 10.4. The van der Waals surface area contributed by atoms with Crippen molar-refractivity contribution in [2.45, 2.75) is 30.7 Å². The summed E-state index contributed by atoms with van der Waals surface area (Å²) in [6.07, 6.45) is 1.10. The Hall–Kier alpha value is -0.810. The first-order valence-electron chi connectivity index (χ1n) is 4.83. The monoisotopic (exact) mass is 240 g/mol. The standard InChI is InChI=1S/C10H12N2OS2/c1-3-7(2)15-10-12-11-9(13-10)8-5-4-6-14-8/h4-7H,3H2,1-2H3/t7-/m1/s1. The zero-order valence-corrected chi connectivity index (χ0v) is 10.3. The normalized spacial score (nSPS) is 12.9. The van der Waals surface area contributed by atoms with Crippen LogP contribution in [0.4, 0.5) is 0 Å². The van der Waals surface area contributed by atoms with E-state index in [9.17, 15) is 0 Å². The molecule has 5 heteroatoms. The van der Waals surface area contributed by atoms with Gasteiger partial charge in [0.15, 0.2) is 0 Å². The van der Waals surface area contributed by atoms with Crippen LogP contribution in [0.1, 0.15) is 20.3 Å². The lowest BCUT2D eigenvalue weighted by Gasteiger charge is -2.01. The Balaban J connectivity index is 2.11. The number of thiophene rings is 1. The molecule has 0 radical (unpaired) electrons. The predicted molar refractivity (Wildman–Crippen MR) is 63.2 cm³/mol. The molecule has 2 aromatic rings. The molecule has 0 amide bonds. The Kier molecular flexibility index (Phi) is 3.43. The Labute approximate surface area is 96.9 Å². The van der Waals surface area contributed by atoms with Crippen LogP contribution in [-0.4, -0.2) is 15.4 Å². The van der Waals surface area contributed by atoms with Crippen molar-refractivity contribution >= 4 is 23.1 Å². The summed E-state index contributed by atoms with van der Waals surface area (Å²) >= 11 is 3.23. The molecule has 2 aromatic heterocycles. The summed E-state index contributed by atoms with van der Waals surface area (Å²) in [4.78, 5) is 1.03. The van der Waals surface area contributed by atoms with E-state index in [0.29, 0.717) is 16.4 Å². The van der Waals surface area contributed by atoms with E-state index in [1.54, 1.807) is 23.1 Å². The summed E-state index contributed by atoms with van der Waals surface area (Å²) < 4.78 is 5.55. The third-order valence-electron chi connectivity index (χ3n) is 2.02. The lowest BCUT2D eigenvalue weighted by Crippen LogP contribution is -1.91. The molecule has 0 spiro atoms. The molecule has 0 saturated heterocycles. The van der Waals surface area contributed by atoms with Crippen molar-refractivity contribution in [1.29, 1.82) is 0 Å². The molecule has 2 rings (SSSR count). The molecule has 0 saturated carbocycles. The second-order valence-electron chi connectivity index (χ2n) is 3.19. The minimum atomic E-state index is 0.515. The van der Waals surface area contributed by atoms with Crippen LogP contribution in [-0.2, 0) is 0 Å². The SMILES string of the molecule is CC[C@@H](C)Sc1nnc(-c2cccs2)o1. The molecule has 0 N–H and O–H groups in total. The fraction of sp³-hybridized carbons (Fsp3) is 0.400. The molecule has 0 aromatic carbocycles. The van der Waals surface area contributed by atoms with Crippen molar-refractivity contribution in [3.8, 4) is 10.8 Å². The van der Waals surface area contributed by atoms with Gasteiger partial charge >= 0.3 is 0 Å². The molecule has 0 aliphatic rings. The van der Waals surface area contributed by atoms with Crippen LogP contribution < -0.4 is 0 Å². The van der Waals surface area contributed by atoms with E-state index in [0.717, 1.165) is 11.3 Å². The smallest absolute Gasteiger partial charge is 0.277 e. The van der Waals surface area contributed by atoms with Crippen molar-refractivity contribution < 1.29 is 4.42 Å². The average Bonchev–Trinajstić information content (AvgIpc) is 2.85. The van der Waals surface area contributed by atoms with Crippen LogP contribution in [0, 0.1) is 0 Å². The first-order valence-corrected chi connectivity index (χ1v) is 6.59. The average molecular weight is 240 g/mol. The summed E-state index contributed by atoms with van der Waals surface area (Å²) in [5.41, 5.74) is 0. The highest BCUT2D eigenvalue weighted by atomic mass is 32.2. The second-order valence-corrected chi connectivity index (χ2v) is 5.52. The van der Waals surface area contributed by atoms with Crippen LogP contribution in [0.15, 0.2) is 27.2 Å². The van der Waals surface area contributed by atoms with Crippen LogP contribution in [0.2, 0.25) is 0 Å². The highest BCUT2D eigenvalue weighted by molar-refractivity contribution is 7.99. The van der Waals surface area contributed by atoms with Gasteiger partial charge in [-0.05, 0) is 17.9 Å². The van der Waals surface area contributed by atoms with Gasteiger partial charge in [0.1, 0.15) is 0 Å². The van der Waals surface area contributed by atoms with Gasteiger partial charge in [-0.25, -0.2) is 0 Å². The quantitative estimate of drug-likeness (QED) is 0.764. The molecule has 2 heterocycles. The van der Waals surface area contributed by atoms with Crippen molar-refractivity contribution in [2.24, 2.45) is 0 Å². The largest absolute Gasteiger partial charge is 0.410 e. The van der Waals surface area contributed by atoms with Crippen molar-refractivity contribution in [1.82, 2.24) is 10.2 Å². The summed E-state index contributed by atoms with van der Waals surface area (Å²) in [7, 11) is 0. The molecule has 80 valence electrons. The molecule has 3 nitrogen and oxygen atoms in total. The van der Waals surface area contributed by atoms with E-state index in [2.05, 4.69) is 24.0 Å². The fourth-order valence-electron chi connectivity index (χ4n) is 1.01. The number of hydrogen-bond donors (Lipinski definition) is 0. The minimum Gasteiger partial charge on any atom is -0.410 e. The van der Waals surface area contributed by atoms with Crippen LogP contribution in [0.5, 0.6) is 0 Å². The second kappa shape index (κ2) is 4.81. The summed E-state index contributed by atoms with van der Waals surface area (Å²) in [6.45, 7) is 4.30. The lowest BCUT2D eigenvalue weighted by molar-refractivity contribution is 0.465. The summed E-state index contributed by atoms with van der Waals surface area (Å²) in [5, 5.41) is 11.2. The number of rotatable bonds is 4. The Bertz CT molecular complexity index is 411. The Morgan fingerprint density at radius 3 is 3.07 bits per heavy atom. The Morgan fingerprint density at radius 2 is 2.40 bits per heavy atom. The van der Waals surface area contributed by atoms with Crippen molar-refractivity contribution in [2.75, 3.05) is 0 Å². The fourth-order valence-corrected chi connectivity index (χ4v) is 2.38. The van der Waals surface area contributed by atoms with Crippen LogP contribution >= 0.6 is 23.1 Å². The molecular formula is C10H12N2OS2. The highest BCUT2D eigenvalue weighted by Crippen LogP contribution is 2.28. The summed E-state index contributed by atoms with van der Waals surface area (Å²) in [5.74, 6) is 0.621. The zero-order valence-electron chi connectivity index (χ0n) is 8.64. The minimum absolute atomic E-state index is 0.515. The van der Waals surface area contributed by atoms with Gasteiger partial charge in [-0.1, -0.05) is 31.7 Å². The van der Waals surface area contributed by atoms with E-state index in [1.165, 1.54) is 0 Å². The van der Waals surface area contributed by atoms with E-state index < -0.39 is 0 Å². The molecule has 0 aliphatic carbocycles. The van der Waals surface area contributed by atoms with Gasteiger partial charge in [-0.3, -0.25) is 0 Å².